The second-order valence-corrected chi connectivity index (χ2v) is 6.28. The maximum atomic E-state index is 12.1. The number of carbonyl (C=O) groups is 1. The van der Waals surface area contributed by atoms with Crippen LogP contribution in [0.5, 0.6) is 5.75 Å². The molecule has 0 aliphatic carbocycles. The summed E-state index contributed by atoms with van der Waals surface area (Å²) >= 11 is 0. The molecule has 3 rings (SSSR count). The fourth-order valence-corrected chi connectivity index (χ4v) is 2.71. The second kappa shape index (κ2) is 9.22. The number of hydrogen-bond donors (Lipinski definition) is 2. The van der Waals surface area contributed by atoms with E-state index >= 15 is 0 Å². The van der Waals surface area contributed by atoms with Crippen LogP contribution in [-0.2, 0) is 4.74 Å². The first-order valence-electron chi connectivity index (χ1n) is 8.87. The van der Waals surface area contributed by atoms with Crippen LogP contribution in [-0.4, -0.2) is 50.4 Å². The topological polar surface area (TPSA) is 62.8 Å². The maximum absolute atomic E-state index is 12.1. The van der Waals surface area contributed by atoms with E-state index in [-0.39, 0.29) is 6.03 Å². The van der Waals surface area contributed by atoms with Crippen LogP contribution in [0.3, 0.4) is 0 Å². The van der Waals surface area contributed by atoms with Gasteiger partial charge in [-0.3, -0.25) is 4.90 Å². The van der Waals surface area contributed by atoms with Gasteiger partial charge in [0.05, 0.1) is 13.2 Å². The Bertz CT molecular complexity index is 712. The van der Waals surface area contributed by atoms with Gasteiger partial charge in [0.1, 0.15) is 12.4 Å². The fraction of sp³-hybridized carbons (Fsp3) is 0.350. The van der Waals surface area contributed by atoms with Crippen LogP contribution >= 0.6 is 0 Å². The van der Waals surface area contributed by atoms with E-state index in [4.69, 9.17) is 9.47 Å². The Morgan fingerprint density at radius 2 is 1.81 bits per heavy atom. The van der Waals surface area contributed by atoms with Crippen LogP contribution in [0.2, 0.25) is 0 Å². The minimum atomic E-state index is -0.278. The number of carbonyl (C=O) groups excluding carboxylic acids is 1. The minimum absolute atomic E-state index is 0.278. The molecule has 0 spiro atoms. The number of nitrogens with one attached hydrogen (secondary N) is 2. The normalized spacial score (nSPS) is 14.7. The first-order chi connectivity index (χ1) is 12.7. The van der Waals surface area contributed by atoms with E-state index in [0.29, 0.717) is 12.3 Å². The van der Waals surface area contributed by atoms with E-state index in [0.717, 1.165) is 49.8 Å². The van der Waals surface area contributed by atoms with Crippen LogP contribution in [0.4, 0.5) is 16.2 Å². The summed E-state index contributed by atoms with van der Waals surface area (Å²) < 4.78 is 11.1. The molecule has 1 aliphatic rings. The molecule has 0 aromatic heterocycles. The highest BCUT2D eigenvalue weighted by Crippen LogP contribution is 2.18. The van der Waals surface area contributed by atoms with Crippen molar-refractivity contribution in [1.82, 2.24) is 4.90 Å². The Morgan fingerprint density at radius 3 is 2.58 bits per heavy atom. The molecule has 0 radical (unpaired) electrons. The van der Waals surface area contributed by atoms with Gasteiger partial charge in [-0.15, -0.1) is 0 Å². The van der Waals surface area contributed by atoms with Gasteiger partial charge in [-0.1, -0.05) is 23.8 Å². The molecule has 0 atom stereocenters. The first kappa shape index (κ1) is 18.2. The monoisotopic (exact) mass is 355 g/mol. The van der Waals surface area contributed by atoms with Crippen molar-refractivity contribution in [1.29, 1.82) is 0 Å². The van der Waals surface area contributed by atoms with Crippen LogP contribution in [0.15, 0.2) is 48.5 Å². The van der Waals surface area contributed by atoms with Gasteiger partial charge in [0.2, 0.25) is 0 Å². The average molecular weight is 355 g/mol. The number of rotatable bonds is 6. The Hall–Kier alpha value is -2.57. The first-order valence-corrected chi connectivity index (χ1v) is 8.87. The van der Waals surface area contributed by atoms with Gasteiger partial charge < -0.3 is 20.1 Å². The van der Waals surface area contributed by atoms with Crippen molar-refractivity contribution in [3.05, 3.63) is 54.1 Å². The Balaban J connectivity index is 1.46. The van der Waals surface area contributed by atoms with Gasteiger partial charge >= 0.3 is 6.03 Å². The van der Waals surface area contributed by atoms with Crippen molar-refractivity contribution in [2.45, 2.75) is 6.92 Å². The number of amides is 2. The van der Waals surface area contributed by atoms with Gasteiger partial charge in [-0.25, -0.2) is 4.79 Å². The number of ether oxygens (including phenoxy) is 2. The lowest BCUT2D eigenvalue weighted by atomic mass is 10.2. The van der Waals surface area contributed by atoms with E-state index < -0.39 is 0 Å². The van der Waals surface area contributed by atoms with E-state index in [1.165, 1.54) is 0 Å². The third-order valence-electron chi connectivity index (χ3n) is 4.18. The Morgan fingerprint density at radius 1 is 1.08 bits per heavy atom. The molecule has 0 unspecified atom stereocenters. The molecule has 0 bridgehead atoms. The molecule has 2 amide bonds. The summed E-state index contributed by atoms with van der Waals surface area (Å²) in [4.78, 5) is 14.4. The van der Waals surface area contributed by atoms with Crippen LogP contribution in [0.25, 0.3) is 0 Å². The predicted molar refractivity (Wildman–Crippen MR) is 103 cm³/mol. The number of anilines is 2. The summed E-state index contributed by atoms with van der Waals surface area (Å²) in [5.74, 6) is 0.742. The van der Waals surface area contributed by atoms with Gasteiger partial charge in [0.25, 0.3) is 0 Å². The van der Waals surface area contributed by atoms with Crippen molar-refractivity contribution < 1.29 is 14.3 Å². The summed E-state index contributed by atoms with van der Waals surface area (Å²) in [6.07, 6.45) is 0. The Kier molecular flexibility index (Phi) is 6.46. The predicted octanol–water partition coefficient (Wildman–Crippen LogP) is 3.35. The molecular weight excluding hydrogens is 330 g/mol. The fourth-order valence-electron chi connectivity index (χ4n) is 2.71. The molecule has 6 heteroatoms. The smallest absolute Gasteiger partial charge is 0.323 e. The van der Waals surface area contributed by atoms with E-state index in [9.17, 15) is 4.79 Å². The molecule has 1 heterocycles. The van der Waals surface area contributed by atoms with Gasteiger partial charge in [-0.05, 0) is 31.2 Å². The van der Waals surface area contributed by atoms with Gasteiger partial charge in [-0.2, -0.15) is 0 Å². The zero-order chi connectivity index (χ0) is 18.2. The highest BCUT2D eigenvalue weighted by molar-refractivity contribution is 5.99. The zero-order valence-corrected chi connectivity index (χ0v) is 15.0. The molecule has 6 nitrogen and oxygen atoms in total. The molecular formula is C20H25N3O3. The van der Waals surface area contributed by atoms with Crippen molar-refractivity contribution in [2.24, 2.45) is 0 Å². The SMILES string of the molecule is Cc1ccc(NC(=O)Nc2cccc(OCCN3CCOCC3)c2)cc1. The van der Waals surface area contributed by atoms with Crippen molar-refractivity contribution in [2.75, 3.05) is 50.1 Å². The third-order valence-corrected chi connectivity index (χ3v) is 4.18. The summed E-state index contributed by atoms with van der Waals surface area (Å²) in [6, 6.07) is 14.8. The number of urea groups is 1. The summed E-state index contributed by atoms with van der Waals surface area (Å²) in [5.41, 5.74) is 2.60. The number of hydrogen-bond acceptors (Lipinski definition) is 4. The Labute approximate surface area is 154 Å². The highest BCUT2D eigenvalue weighted by atomic mass is 16.5. The zero-order valence-electron chi connectivity index (χ0n) is 15.0. The molecule has 1 fully saturated rings. The molecule has 2 N–H and O–H groups in total. The lowest BCUT2D eigenvalue weighted by Gasteiger charge is -2.26. The summed E-state index contributed by atoms with van der Waals surface area (Å²) in [6.45, 7) is 6.96. The number of aryl methyl sites for hydroxylation is 1. The van der Waals surface area contributed by atoms with Crippen LogP contribution in [0.1, 0.15) is 5.56 Å². The van der Waals surface area contributed by atoms with Crippen molar-refractivity contribution in [3.8, 4) is 5.75 Å². The van der Waals surface area contributed by atoms with Gasteiger partial charge in [0.15, 0.2) is 0 Å². The summed E-state index contributed by atoms with van der Waals surface area (Å²) in [7, 11) is 0. The van der Waals surface area contributed by atoms with E-state index in [2.05, 4.69) is 15.5 Å². The number of morpholine rings is 1. The quantitative estimate of drug-likeness (QED) is 0.834. The van der Waals surface area contributed by atoms with Crippen molar-refractivity contribution in [3.63, 3.8) is 0 Å². The molecule has 138 valence electrons. The molecule has 2 aromatic carbocycles. The van der Waals surface area contributed by atoms with E-state index in [1.54, 1.807) is 0 Å². The molecule has 2 aromatic rings. The third kappa shape index (κ3) is 5.75. The van der Waals surface area contributed by atoms with Crippen LogP contribution < -0.4 is 15.4 Å². The van der Waals surface area contributed by atoms with Crippen molar-refractivity contribution >= 4 is 17.4 Å². The number of benzene rings is 2. The van der Waals surface area contributed by atoms with Crippen LogP contribution in [0, 0.1) is 6.92 Å². The molecule has 0 saturated carbocycles. The summed E-state index contributed by atoms with van der Waals surface area (Å²) in [5, 5.41) is 5.64. The molecule has 26 heavy (non-hydrogen) atoms. The number of nitrogens with zero attached hydrogens (tertiary/aromatic N) is 1. The van der Waals surface area contributed by atoms with E-state index in [1.807, 2.05) is 55.5 Å². The largest absolute Gasteiger partial charge is 0.492 e. The second-order valence-electron chi connectivity index (χ2n) is 6.28. The minimum Gasteiger partial charge on any atom is -0.492 e. The molecule has 1 saturated heterocycles. The lowest BCUT2D eigenvalue weighted by Crippen LogP contribution is -2.38. The standard InChI is InChI=1S/C20H25N3O3/c1-16-5-7-17(8-6-16)21-20(24)22-18-3-2-4-19(15-18)26-14-11-23-9-12-25-13-10-23/h2-8,15H,9-14H2,1H3,(H2,21,22,24). The maximum Gasteiger partial charge on any atom is 0.323 e. The van der Waals surface area contributed by atoms with Gasteiger partial charge in [0, 0.05) is 37.1 Å². The lowest BCUT2D eigenvalue weighted by molar-refractivity contribution is 0.0322. The molecule has 1 aliphatic heterocycles. The average Bonchev–Trinajstić information content (AvgIpc) is 2.65. The highest BCUT2D eigenvalue weighted by Gasteiger charge is 2.10.